The van der Waals surface area contributed by atoms with Crippen LogP contribution >= 0.6 is 11.6 Å². The second-order valence-electron chi connectivity index (χ2n) is 5.95. The maximum atomic E-state index is 12.7. The highest BCUT2D eigenvalue weighted by molar-refractivity contribution is 6.31. The van der Waals surface area contributed by atoms with Crippen LogP contribution in [0.15, 0.2) is 18.2 Å². The quantitative estimate of drug-likeness (QED) is 0.895. The largest absolute Gasteiger partial charge is 0.496 e. The van der Waals surface area contributed by atoms with Crippen molar-refractivity contribution < 1.29 is 19.4 Å². The van der Waals surface area contributed by atoms with Crippen LogP contribution < -0.4 is 4.74 Å². The lowest BCUT2D eigenvalue weighted by Crippen LogP contribution is -2.56. The second kappa shape index (κ2) is 7.21. The monoisotopic (exact) mass is 339 g/mol. The van der Waals surface area contributed by atoms with Crippen molar-refractivity contribution in [2.24, 2.45) is 0 Å². The van der Waals surface area contributed by atoms with Crippen LogP contribution in [0.5, 0.6) is 5.75 Å². The number of rotatable bonds is 5. The summed E-state index contributed by atoms with van der Waals surface area (Å²) in [5.41, 5.74) is -0.519. The summed E-state index contributed by atoms with van der Waals surface area (Å²) in [5, 5.41) is 10.1. The van der Waals surface area contributed by atoms with Gasteiger partial charge in [0.25, 0.3) is 0 Å². The number of carbonyl (C=O) groups is 2. The minimum Gasteiger partial charge on any atom is -0.496 e. The first kappa shape index (κ1) is 17.6. The van der Waals surface area contributed by atoms with Crippen molar-refractivity contribution >= 4 is 23.5 Å². The Kier molecular flexibility index (Phi) is 5.52. The van der Waals surface area contributed by atoms with Crippen LogP contribution in [0.25, 0.3) is 0 Å². The number of likely N-dealkylation sites (N-methyl/N-ethyl adjacent to an activating group) is 1. The van der Waals surface area contributed by atoms with Crippen molar-refractivity contribution in [1.82, 2.24) is 4.90 Å². The third kappa shape index (κ3) is 3.44. The Bertz CT molecular complexity index is 596. The molecular weight excluding hydrogens is 318 g/mol. The Morgan fingerprint density at radius 3 is 2.52 bits per heavy atom. The van der Waals surface area contributed by atoms with E-state index in [-0.39, 0.29) is 12.3 Å². The van der Waals surface area contributed by atoms with Gasteiger partial charge in [0.15, 0.2) is 0 Å². The van der Waals surface area contributed by atoms with Crippen LogP contribution in [-0.4, -0.2) is 41.6 Å². The van der Waals surface area contributed by atoms with Crippen molar-refractivity contribution in [2.75, 3.05) is 14.2 Å². The maximum Gasteiger partial charge on any atom is 0.329 e. The second-order valence-corrected chi connectivity index (χ2v) is 6.35. The Morgan fingerprint density at radius 2 is 1.96 bits per heavy atom. The van der Waals surface area contributed by atoms with Crippen LogP contribution in [-0.2, 0) is 16.0 Å². The van der Waals surface area contributed by atoms with E-state index in [2.05, 4.69) is 0 Å². The molecule has 1 fully saturated rings. The number of hydrogen-bond acceptors (Lipinski definition) is 3. The first-order valence-electron chi connectivity index (χ1n) is 7.74. The molecule has 1 N–H and O–H groups in total. The minimum absolute atomic E-state index is 0.0222. The van der Waals surface area contributed by atoms with Crippen LogP contribution in [0.1, 0.15) is 37.7 Å². The average molecular weight is 340 g/mol. The van der Waals surface area contributed by atoms with E-state index in [0.717, 1.165) is 19.3 Å². The summed E-state index contributed by atoms with van der Waals surface area (Å²) in [6.07, 6.45) is 3.65. The molecule has 1 saturated carbocycles. The Hall–Kier alpha value is -1.75. The zero-order valence-electron chi connectivity index (χ0n) is 13.5. The van der Waals surface area contributed by atoms with Crippen molar-refractivity contribution in [2.45, 2.75) is 44.1 Å². The highest BCUT2D eigenvalue weighted by Crippen LogP contribution is 2.34. The molecule has 23 heavy (non-hydrogen) atoms. The van der Waals surface area contributed by atoms with Gasteiger partial charge < -0.3 is 14.7 Å². The van der Waals surface area contributed by atoms with Gasteiger partial charge in [0, 0.05) is 17.6 Å². The zero-order chi connectivity index (χ0) is 17.0. The first-order chi connectivity index (χ1) is 10.9. The lowest BCUT2D eigenvalue weighted by molar-refractivity contribution is -0.160. The Labute approximate surface area is 141 Å². The third-order valence-electron chi connectivity index (χ3n) is 4.72. The number of benzene rings is 1. The number of ether oxygens (including phenoxy) is 1. The highest BCUT2D eigenvalue weighted by Gasteiger charge is 2.45. The molecule has 0 aromatic heterocycles. The molecule has 0 unspecified atom stereocenters. The van der Waals surface area contributed by atoms with E-state index in [1.165, 1.54) is 12.0 Å². The molecule has 5 nitrogen and oxygen atoms in total. The van der Waals surface area contributed by atoms with Gasteiger partial charge in [0.1, 0.15) is 11.3 Å². The van der Waals surface area contributed by atoms with E-state index in [4.69, 9.17) is 16.3 Å². The number of hydrogen-bond donors (Lipinski definition) is 1. The lowest BCUT2D eigenvalue weighted by Gasteiger charge is -2.41. The molecule has 6 heteroatoms. The number of carboxylic acids is 1. The number of halogens is 1. The Balaban J connectivity index is 2.24. The van der Waals surface area contributed by atoms with E-state index in [1.807, 2.05) is 0 Å². The van der Waals surface area contributed by atoms with E-state index in [0.29, 0.717) is 29.2 Å². The van der Waals surface area contributed by atoms with E-state index >= 15 is 0 Å². The third-order valence-corrected chi connectivity index (χ3v) is 5.07. The fraction of sp³-hybridized carbons (Fsp3) is 0.529. The van der Waals surface area contributed by atoms with Gasteiger partial charge in [0.05, 0.1) is 13.5 Å². The minimum atomic E-state index is -1.11. The average Bonchev–Trinajstić information content (AvgIpc) is 2.56. The van der Waals surface area contributed by atoms with Gasteiger partial charge in [-0.05, 0) is 25.0 Å². The van der Waals surface area contributed by atoms with Gasteiger partial charge >= 0.3 is 5.97 Å². The molecule has 1 aromatic carbocycles. The predicted molar refractivity (Wildman–Crippen MR) is 87.9 cm³/mol. The molecule has 0 atom stereocenters. The zero-order valence-corrected chi connectivity index (χ0v) is 14.2. The number of methoxy groups -OCH3 is 1. The van der Waals surface area contributed by atoms with Crippen LogP contribution in [0.3, 0.4) is 0 Å². The normalized spacial score (nSPS) is 16.7. The fourth-order valence-corrected chi connectivity index (χ4v) is 3.47. The van der Waals surface area contributed by atoms with Gasteiger partial charge in [-0.2, -0.15) is 0 Å². The van der Waals surface area contributed by atoms with Crippen molar-refractivity contribution in [3.8, 4) is 5.75 Å². The molecule has 0 spiro atoms. The van der Waals surface area contributed by atoms with Crippen molar-refractivity contribution in [3.05, 3.63) is 28.8 Å². The smallest absolute Gasteiger partial charge is 0.329 e. The molecule has 1 aliphatic carbocycles. The van der Waals surface area contributed by atoms with Gasteiger partial charge in [-0.15, -0.1) is 0 Å². The number of aliphatic carboxylic acids is 1. The summed E-state index contributed by atoms with van der Waals surface area (Å²) in [7, 11) is 3.09. The topological polar surface area (TPSA) is 66.8 Å². The van der Waals surface area contributed by atoms with Gasteiger partial charge in [-0.3, -0.25) is 4.79 Å². The number of nitrogens with zero attached hydrogens (tertiary/aromatic N) is 1. The standard InChI is InChI=1S/C17H22ClNO4/c1-19(17(16(21)22)9-4-3-5-10-17)15(20)11-12-13(18)7-6-8-14(12)23-2/h6-8H,3-5,9-11H2,1-2H3,(H,21,22). The molecule has 0 radical (unpaired) electrons. The van der Waals surface area contributed by atoms with E-state index in [1.54, 1.807) is 25.2 Å². The van der Waals surface area contributed by atoms with E-state index < -0.39 is 11.5 Å². The predicted octanol–water partition coefficient (Wildman–Crippen LogP) is 3.14. The molecule has 126 valence electrons. The highest BCUT2D eigenvalue weighted by atomic mass is 35.5. The fourth-order valence-electron chi connectivity index (χ4n) is 3.24. The molecule has 2 rings (SSSR count). The summed E-state index contributed by atoms with van der Waals surface area (Å²) >= 11 is 6.17. The maximum absolute atomic E-state index is 12.7. The first-order valence-corrected chi connectivity index (χ1v) is 8.11. The summed E-state index contributed by atoms with van der Waals surface area (Å²) in [6.45, 7) is 0. The summed E-state index contributed by atoms with van der Waals surface area (Å²) in [4.78, 5) is 25.9. The van der Waals surface area contributed by atoms with Gasteiger partial charge in [0.2, 0.25) is 5.91 Å². The summed E-state index contributed by atoms with van der Waals surface area (Å²) in [6, 6.07) is 5.18. The molecule has 1 amide bonds. The molecule has 1 aliphatic rings. The number of carbonyl (C=O) groups excluding carboxylic acids is 1. The summed E-state index contributed by atoms with van der Waals surface area (Å²) in [5.74, 6) is -0.660. The van der Waals surface area contributed by atoms with Crippen LogP contribution in [0, 0.1) is 0 Å². The SMILES string of the molecule is COc1cccc(Cl)c1CC(=O)N(C)C1(C(=O)O)CCCCC1. The van der Waals surface area contributed by atoms with Crippen LogP contribution in [0.4, 0.5) is 0 Å². The van der Waals surface area contributed by atoms with Gasteiger partial charge in [-0.25, -0.2) is 4.79 Å². The van der Waals surface area contributed by atoms with E-state index in [9.17, 15) is 14.7 Å². The number of amides is 1. The number of carboxylic acid groups (broad SMARTS) is 1. The Morgan fingerprint density at radius 1 is 1.30 bits per heavy atom. The molecular formula is C17H22ClNO4. The molecule has 0 saturated heterocycles. The van der Waals surface area contributed by atoms with Crippen molar-refractivity contribution in [1.29, 1.82) is 0 Å². The lowest BCUT2D eigenvalue weighted by atomic mass is 9.80. The molecule has 0 bridgehead atoms. The molecule has 0 heterocycles. The van der Waals surface area contributed by atoms with Crippen molar-refractivity contribution in [3.63, 3.8) is 0 Å². The molecule has 1 aromatic rings. The molecule has 0 aliphatic heterocycles. The van der Waals surface area contributed by atoms with Crippen LogP contribution in [0.2, 0.25) is 5.02 Å². The summed E-state index contributed by atoms with van der Waals surface area (Å²) < 4.78 is 5.25. The van der Waals surface area contributed by atoms with Gasteiger partial charge in [-0.1, -0.05) is 36.9 Å².